The molecule has 1 heterocycles. The first kappa shape index (κ1) is 14.7. The average molecular weight is 323 g/mol. The van der Waals surface area contributed by atoms with E-state index >= 15 is 0 Å². The Kier molecular flexibility index (Phi) is 4.12. The number of rotatable bonds is 3. The van der Waals surface area contributed by atoms with Gasteiger partial charge in [-0.3, -0.25) is 0 Å². The number of ether oxygens (including phenoxy) is 1. The molecule has 0 saturated carbocycles. The van der Waals surface area contributed by atoms with Crippen LogP contribution in [0.2, 0.25) is 10.0 Å². The Morgan fingerprint density at radius 2 is 2.10 bits per heavy atom. The van der Waals surface area contributed by atoms with Crippen LogP contribution in [0.25, 0.3) is 0 Å². The van der Waals surface area contributed by atoms with Crippen LogP contribution < -0.4 is 4.74 Å². The second kappa shape index (κ2) is 5.88. The van der Waals surface area contributed by atoms with Crippen LogP contribution in [0.1, 0.15) is 28.4 Å². The van der Waals surface area contributed by atoms with Gasteiger partial charge in [0, 0.05) is 22.9 Å². The molecule has 2 nitrogen and oxygen atoms in total. The van der Waals surface area contributed by atoms with Gasteiger partial charge in [0.2, 0.25) is 0 Å². The van der Waals surface area contributed by atoms with Crippen molar-refractivity contribution >= 4 is 23.2 Å². The maximum Gasteiger partial charge on any atom is 0.126 e. The average Bonchev–Trinajstić information content (AvgIpc) is 2.90. The Labute approximate surface area is 134 Å². The lowest BCUT2D eigenvalue weighted by Crippen LogP contribution is -2.04. The zero-order valence-corrected chi connectivity index (χ0v) is 13.2. The molecule has 1 atom stereocenters. The molecule has 1 N–H and O–H groups in total. The maximum atomic E-state index is 10.5. The minimum absolute atomic E-state index is 0.437. The number of benzene rings is 2. The Hall–Kier alpha value is -1.22. The van der Waals surface area contributed by atoms with Crippen LogP contribution in [0.5, 0.6) is 5.75 Å². The number of hydrogen-bond acceptors (Lipinski definition) is 2. The number of aryl methyl sites for hydroxylation is 1. The third-order valence-corrected chi connectivity index (χ3v) is 4.55. The van der Waals surface area contributed by atoms with E-state index in [4.69, 9.17) is 27.9 Å². The second-order valence-electron chi connectivity index (χ2n) is 5.35. The van der Waals surface area contributed by atoms with E-state index in [0.29, 0.717) is 23.1 Å². The molecule has 0 fully saturated rings. The molecule has 1 aliphatic rings. The van der Waals surface area contributed by atoms with Crippen molar-refractivity contribution in [2.75, 3.05) is 6.61 Å². The van der Waals surface area contributed by atoms with Crippen LogP contribution in [-0.2, 0) is 12.8 Å². The van der Waals surface area contributed by atoms with Gasteiger partial charge in [-0.15, -0.1) is 0 Å². The first-order chi connectivity index (χ1) is 10.1. The van der Waals surface area contributed by atoms with Gasteiger partial charge in [0.25, 0.3) is 0 Å². The van der Waals surface area contributed by atoms with Crippen LogP contribution in [0, 0.1) is 6.92 Å². The molecule has 0 spiro atoms. The van der Waals surface area contributed by atoms with Crippen molar-refractivity contribution in [2.24, 2.45) is 0 Å². The molecule has 4 heteroatoms. The summed E-state index contributed by atoms with van der Waals surface area (Å²) in [6.45, 7) is 2.60. The molecule has 1 unspecified atom stereocenters. The molecule has 2 aromatic rings. The lowest BCUT2D eigenvalue weighted by Gasteiger charge is -2.16. The van der Waals surface area contributed by atoms with Gasteiger partial charge in [0.1, 0.15) is 5.75 Å². The molecule has 110 valence electrons. The molecular weight excluding hydrogens is 307 g/mol. The normalized spacial score (nSPS) is 14.7. The van der Waals surface area contributed by atoms with Gasteiger partial charge < -0.3 is 9.84 Å². The summed E-state index contributed by atoms with van der Waals surface area (Å²) in [6, 6.07) is 9.47. The summed E-state index contributed by atoms with van der Waals surface area (Å²) in [6.07, 6.45) is 0.625. The fourth-order valence-electron chi connectivity index (χ4n) is 2.74. The van der Waals surface area contributed by atoms with Crippen LogP contribution in [-0.4, -0.2) is 11.7 Å². The number of aliphatic hydroxyl groups is 1. The smallest absolute Gasteiger partial charge is 0.126 e. The van der Waals surface area contributed by atoms with Crippen LogP contribution in [0.3, 0.4) is 0 Å². The Balaban J connectivity index is 1.92. The largest absolute Gasteiger partial charge is 0.493 e. The zero-order chi connectivity index (χ0) is 15.0. The highest BCUT2D eigenvalue weighted by atomic mass is 35.5. The fraction of sp³-hybridized carbons (Fsp3) is 0.294. The molecule has 0 radical (unpaired) electrons. The molecule has 0 amide bonds. The Morgan fingerprint density at radius 1 is 1.29 bits per heavy atom. The van der Waals surface area contributed by atoms with E-state index in [9.17, 15) is 5.11 Å². The van der Waals surface area contributed by atoms with Gasteiger partial charge in [-0.25, -0.2) is 0 Å². The lowest BCUT2D eigenvalue weighted by atomic mass is 9.97. The van der Waals surface area contributed by atoms with Gasteiger partial charge >= 0.3 is 0 Å². The molecule has 0 aliphatic carbocycles. The molecule has 21 heavy (non-hydrogen) atoms. The van der Waals surface area contributed by atoms with Crippen molar-refractivity contribution in [3.63, 3.8) is 0 Å². The predicted octanol–water partition coefficient (Wildman–Crippen LogP) is 4.51. The highest BCUT2D eigenvalue weighted by Crippen LogP contribution is 2.36. The van der Waals surface area contributed by atoms with Crippen molar-refractivity contribution in [3.8, 4) is 5.75 Å². The zero-order valence-electron chi connectivity index (χ0n) is 11.7. The molecular formula is C17H16Cl2O2. The summed E-state index contributed by atoms with van der Waals surface area (Å²) >= 11 is 12.4. The molecule has 2 aromatic carbocycles. The first-order valence-electron chi connectivity index (χ1n) is 6.93. The van der Waals surface area contributed by atoms with Gasteiger partial charge in [-0.2, -0.15) is 0 Å². The van der Waals surface area contributed by atoms with Gasteiger partial charge in [-0.1, -0.05) is 41.4 Å². The lowest BCUT2D eigenvalue weighted by molar-refractivity contribution is 0.177. The number of halogens is 2. The predicted molar refractivity (Wildman–Crippen MR) is 85.5 cm³/mol. The minimum atomic E-state index is -0.677. The van der Waals surface area contributed by atoms with Gasteiger partial charge in [-0.05, 0) is 41.3 Å². The number of aliphatic hydroxyl groups excluding tert-OH is 1. The van der Waals surface area contributed by atoms with E-state index in [0.717, 1.165) is 34.4 Å². The van der Waals surface area contributed by atoms with Gasteiger partial charge in [0.15, 0.2) is 0 Å². The monoisotopic (exact) mass is 322 g/mol. The van der Waals surface area contributed by atoms with Crippen molar-refractivity contribution in [3.05, 3.63) is 62.6 Å². The summed E-state index contributed by atoms with van der Waals surface area (Å²) in [5.41, 5.74) is 3.74. The highest BCUT2D eigenvalue weighted by Gasteiger charge is 2.21. The van der Waals surface area contributed by atoms with E-state index in [-0.39, 0.29) is 0 Å². The maximum absolute atomic E-state index is 10.5. The molecule has 0 aromatic heterocycles. The molecule has 3 rings (SSSR count). The van der Waals surface area contributed by atoms with Crippen molar-refractivity contribution in [1.29, 1.82) is 0 Å². The van der Waals surface area contributed by atoms with Crippen molar-refractivity contribution < 1.29 is 9.84 Å². The van der Waals surface area contributed by atoms with E-state index in [1.54, 1.807) is 0 Å². The van der Waals surface area contributed by atoms with Crippen LogP contribution >= 0.6 is 23.2 Å². The molecule has 0 bridgehead atoms. The fourth-order valence-corrected chi connectivity index (χ4v) is 3.26. The van der Waals surface area contributed by atoms with E-state index in [1.165, 1.54) is 0 Å². The van der Waals surface area contributed by atoms with Crippen molar-refractivity contribution in [1.82, 2.24) is 0 Å². The van der Waals surface area contributed by atoms with Gasteiger partial charge in [0.05, 0.1) is 12.7 Å². The summed E-state index contributed by atoms with van der Waals surface area (Å²) in [7, 11) is 0. The number of hydrogen-bond donors (Lipinski definition) is 1. The second-order valence-corrected chi connectivity index (χ2v) is 6.16. The van der Waals surface area contributed by atoms with Crippen LogP contribution in [0.4, 0.5) is 0 Å². The summed E-state index contributed by atoms with van der Waals surface area (Å²) in [5.74, 6) is 0.863. The van der Waals surface area contributed by atoms with E-state index in [1.807, 2.05) is 37.3 Å². The van der Waals surface area contributed by atoms with E-state index < -0.39 is 6.10 Å². The topological polar surface area (TPSA) is 29.5 Å². The standard InChI is InChI=1S/C17H16Cl2O2/c1-10-3-2-4-14(16(10)19)15(20)9-12-8-13(18)7-11-5-6-21-17(11)12/h2-4,7-8,15,20H,5-6,9H2,1H3. The Bertz CT molecular complexity index is 683. The minimum Gasteiger partial charge on any atom is -0.493 e. The third kappa shape index (κ3) is 2.89. The van der Waals surface area contributed by atoms with Crippen LogP contribution in [0.15, 0.2) is 30.3 Å². The quantitative estimate of drug-likeness (QED) is 0.900. The van der Waals surface area contributed by atoms with E-state index in [2.05, 4.69) is 0 Å². The Morgan fingerprint density at radius 3 is 2.90 bits per heavy atom. The highest BCUT2D eigenvalue weighted by molar-refractivity contribution is 6.32. The summed E-state index contributed by atoms with van der Waals surface area (Å²) in [4.78, 5) is 0. The molecule has 0 saturated heterocycles. The number of fused-ring (bicyclic) bond motifs is 1. The first-order valence-corrected chi connectivity index (χ1v) is 7.69. The summed E-state index contributed by atoms with van der Waals surface area (Å²) in [5, 5.41) is 11.8. The third-order valence-electron chi connectivity index (χ3n) is 3.82. The molecule has 1 aliphatic heterocycles. The SMILES string of the molecule is Cc1cccc(C(O)Cc2cc(Cl)cc3c2OCC3)c1Cl. The summed E-state index contributed by atoms with van der Waals surface area (Å²) < 4.78 is 5.67. The van der Waals surface area contributed by atoms with Crippen molar-refractivity contribution in [2.45, 2.75) is 25.9 Å².